The number of ether oxygens (including phenoxy) is 1. The lowest BCUT2D eigenvalue weighted by atomic mass is 10.0. The maximum absolute atomic E-state index is 13.8. The van der Waals surface area contributed by atoms with Crippen LogP contribution in [0.5, 0.6) is 5.75 Å². The predicted molar refractivity (Wildman–Crippen MR) is 93.6 cm³/mol. The third-order valence-electron chi connectivity index (χ3n) is 4.62. The fourth-order valence-corrected chi connectivity index (χ4v) is 3.37. The van der Waals surface area contributed by atoms with Crippen LogP contribution in [0.4, 0.5) is 10.2 Å². The van der Waals surface area contributed by atoms with E-state index in [2.05, 4.69) is 15.2 Å². The number of aromatic amines is 1. The second kappa shape index (κ2) is 6.55. The van der Waals surface area contributed by atoms with Crippen LogP contribution in [0.25, 0.3) is 11.1 Å². The van der Waals surface area contributed by atoms with Crippen LogP contribution in [0.1, 0.15) is 36.5 Å². The molecule has 1 aromatic carbocycles. The molecular weight excluding hydrogens is 319 g/mol. The van der Waals surface area contributed by atoms with Gasteiger partial charge in [0, 0.05) is 23.5 Å². The first-order chi connectivity index (χ1) is 12.2. The number of nitrogens with zero attached hydrogens (tertiary/aromatic N) is 2. The number of benzene rings is 1. The highest BCUT2D eigenvalue weighted by Crippen LogP contribution is 2.39. The summed E-state index contributed by atoms with van der Waals surface area (Å²) in [6, 6.07) is 6.79. The number of nitrogens with one attached hydrogen (secondary N) is 1. The van der Waals surface area contributed by atoms with Gasteiger partial charge in [-0.2, -0.15) is 5.10 Å². The number of anilines is 1. The molecule has 128 valence electrons. The first kappa shape index (κ1) is 15.6. The number of aromatic nitrogens is 3. The standard InChI is InChI=1S/C19H19FN4O/c20-14-6-5-12-3-1-2-4-17(16(12)9-14)25-18-15(7-8-22-19(18)21)13-10-23-24-11-13/h5-11,17H,1-4H2,(H2,21,22)(H,23,24). The summed E-state index contributed by atoms with van der Waals surface area (Å²) in [7, 11) is 0. The molecule has 0 fully saturated rings. The molecule has 1 aliphatic rings. The predicted octanol–water partition coefficient (Wildman–Crippen LogP) is 4.04. The molecule has 4 rings (SSSR count). The van der Waals surface area contributed by atoms with Crippen molar-refractivity contribution in [2.75, 3.05) is 5.73 Å². The molecule has 25 heavy (non-hydrogen) atoms. The molecular formula is C19H19FN4O. The van der Waals surface area contributed by atoms with E-state index in [1.54, 1.807) is 24.7 Å². The number of nitrogen functional groups attached to an aromatic ring is 1. The number of hydrogen-bond donors (Lipinski definition) is 2. The number of nitrogens with two attached hydrogens (primary N) is 1. The van der Waals surface area contributed by atoms with Crippen molar-refractivity contribution < 1.29 is 9.13 Å². The number of H-pyrrole nitrogens is 1. The van der Waals surface area contributed by atoms with Gasteiger partial charge in [-0.15, -0.1) is 0 Å². The fraction of sp³-hybridized carbons (Fsp3) is 0.263. The number of halogens is 1. The SMILES string of the molecule is Nc1nccc(-c2cn[nH]c2)c1OC1CCCCc2ccc(F)cc21. The quantitative estimate of drug-likeness (QED) is 0.707. The Labute approximate surface area is 145 Å². The van der Waals surface area contributed by atoms with Gasteiger partial charge in [-0.05, 0) is 55.0 Å². The van der Waals surface area contributed by atoms with E-state index in [4.69, 9.17) is 10.5 Å². The van der Waals surface area contributed by atoms with Gasteiger partial charge in [0.1, 0.15) is 11.9 Å². The Balaban J connectivity index is 1.75. The second-order valence-electron chi connectivity index (χ2n) is 6.26. The van der Waals surface area contributed by atoms with Gasteiger partial charge in [0.25, 0.3) is 0 Å². The van der Waals surface area contributed by atoms with E-state index in [9.17, 15) is 4.39 Å². The first-order valence-corrected chi connectivity index (χ1v) is 8.41. The summed E-state index contributed by atoms with van der Waals surface area (Å²) in [5.74, 6) is 0.593. The van der Waals surface area contributed by atoms with Crippen LogP contribution in [0.2, 0.25) is 0 Å². The van der Waals surface area contributed by atoms with Crippen LogP contribution in [0.15, 0.2) is 42.9 Å². The summed E-state index contributed by atoms with van der Waals surface area (Å²) in [6.07, 6.45) is 8.72. The highest BCUT2D eigenvalue weighted by atomic mass is 19.1. The van der Waals surface area contributed by atoms with Gasteiger partial charge in [0.2, 0.25) is 0 Å². The van der Waals surface area contributed by atoms with E-state index in [1.165, 1.54) is 6.07 Å². The Morgan fingerprint density at radius 3 is 3.00 bits per heavy atom. The molecule has 1 unspecified atom stereocenters. The minimum absolute atomic E-state index is 0.245. The largest absolute Gasteiger partial charge is 0.481 e. The molecule has 2 heterocycles. The van der Waals surface area contributed by atoms with E-state index >= 15 is 0 Å². The Morgan fingerprint density at radius 1 is 1.24 bits per heavy atom. The van der Waals surface area contributed by atoms with Gasteiger partial charge in [-0.3, -0.25) is 5.10 Å². The van der Waals surface area contributed by atoms with E-state index in [0.29, 0.717) is 11.6 Å². The van der Waals surface area contributed by atoms with Crippen LogP contribution in [0, 0.1) is 5.82 Å². The molecule has 0 bridgehead atoms. The number of hydrogen-bond acceptors (Lipinski definition) is 4. The first-order valence-electron chi connectivity index (χ1n) is 8.41. The van der Waals surface area contributed by atoms with Crippen LogP contribution < -0.4 is 10.5 Å². The van der Waals surface area contributed by atoms with Crippen molar-refractivity contribution in [3.63, 3.8) is 0 Å². The monoisotopic (exact) mass is 338 g/mol. The van der Waals surface area contributed by atoms with Crippen molar-refractivity contribution in [3.05, 3.63) is 59.8 Å². The van der Waals surface area contributed by atoms with E-state index in [0.717, 1.165) is 47.9 Å². The average Bonchev–Trinajstić information content (AvgIpc) is 3.07. The topological polar surface area (TPSA) is 76.8 Å². The number of aryl methyl sites for hydroxylation is 1. The maximum atomic E-state index is 13.8. The van der Waals surface area contributed by atoms with E-state index < -0.39 is 0 Å². The number of rotatable bonds is 3. The van der Waals surface area contributed by atoms with Gasteiger partial charge in [0.05, 0.1) is 6.20 Å². The fourth-order valence-electron chi connectivity index (χ4n) is 3.37. The van der Waals surface area contributed by atoms with Gasteiger partial charge in [-0.1, -0.05) is 6.07 Å². The molecule has 0 saturated heterocycles. The van der Waals surface area contributed by atoms with Crippen molar-refractivity contribution in [2.24, 2.45) is 0 Å². The highest BCUT2D eigenvalue weighted by Gasteiger charge is 2.23. The molecule has 0 amide bonds. The molecule has 0 radical (unpaired) electrons. The van der Waals surface area contributed by atoms with Gasteiger partial charge < -0.3 is 10.5 Å². The third-order valence-corrected chi connectivity index (χ3v) is 4.62. The molecule has 3 N–H and O–H groups in total. The van der Waals surface area contributed by atoms with Gasteiger partial charge in [0.15, 0.2) is 11.6 Å². The molecule has 1 aliphatic carbocycles. The minimum Gasteiger partial charge on any atom is -0.481 e. The molecule has 3 aromatic rings. The smallest absolute Gasteiger partial charge is 0.170 e. The average molecular weight is 338 g/mol. The van der Waals surface area contributed by atoms with Crippen LogP contribution >= 0.6 is 0 Å². The Hall–Kier alpha value is -2.89. The van der Waals surface area contributed by atoms with Crippen molar-refractivity contribution in [1.82, 2.24) is 15.2 Å². The summed E-state index contributed by atoms with van der Waals surface area (Å²) in [5.41, 5.74) is 9.82. The molecule has 5 nitrogen and oxygen atoms in total. The van der Waals surface area contributed by atoms with Crippen LogP contribution in [0.3, 0.4) is 0 Å². The minimum atomic E-state index is -0.247. The Morgan fingerprint density at radius 2 is 2.16 bits per heavy atom. The van der Waals surface area contributed by atoms with Crippen LogP contribution in [-0.4, -0.2) is 15.2 Å². The maximum Gasteiger partial charge on any atom is 0.170 e. The molecule has 0 spiro atoms. The molecule has 6 heteroatoms. The van der Waals surface area contributed by atoms with Crippen LogP contribution in [-0.2, 0) is 6.42 Å². The van der Waals surface area contributed by atoms with Crippen molar-refractivity contribution in [2.45, 2.75) is 31.8 Å². The van der Waals surface area contributed by atoms with Crippen molar-refractivity contribution >= 4 is 5.82 Å². The Kier molecular flexibility index (Phi) is 4.09. The number of pyridine rings is 1. The molecule has 0 aliphatic heterocycles. The summed E-state index contributed by atoms with van der Waals surface area (Å²) in [5, 5.41) is 6.78. The van der Waals surface area contributed by atoms with Gasteiger partial charge in [-0.25, -0.2) is 9.37 Å². The lowest BCUT2D eigenvalue weighted by Crippen LogP contribution is -2.11. The van der Waals surface area contributed by atoms with Crippen molar-refractivity contribution in [1.29, 1.82) is 0 Å². The lowest BCUT2D eigenvalue weighted by molar-refractivity contribution is 0.195. The van der Waals surface area contributed by atoms with Crippen molar-refractivity contribution in [3.8, 4) is 16.9 Å². The third kappa shape index (κ3) is 3.07. The van der Waals surface area contributed by atoms with E-state index in [1.807, 2.05) is 12.1 Å². The summed E-state index contributed by atoms with van der Waals surface area (Å²) >= 11 is 0. The zero-order valence-corrected chi connectivity index (χ0v) is 13.7. The normalized spacial score (nSPS) is 16.9. The molecule has 1 atom stereocenters. The zero-order chi connectivity index (χ0) is 17.2. The number of fused-ring (bicyclic) bond motifs is 1. The van der Waals surface area contributed by atoms with E-state index in [-0.39, 0.29) is 11.9 Å². The highest BCUT2D eigenvalue weighted by molar-refractivity contribution is 5.74. The molecule has 2 aromatic heterocycles. The molecule has 0 saturated carbocycles. The summed E-state index contributed by atoms with van der Waals surface area (Å²) in [6.45, 7) is 0. The summed E-state index contributed by atoms with van der Waals surface area (Å²) < 4.78 is 20.1. The zero-order valence-electron chi connectivity index (χ0n) is 13.7. The lowest BCUT2D eigenvalue weighted by Gasteiger charge is -2.22. The summed E-state index contributed by atoms with van der Waals surface area (Å²) in [4.78, 5) is 4.16. The Bertz CT molecular complexity index is 879. The second-order valence-corrected chi connectivity index (χ2v) is 6.26. The van der Waals surface area contributed by atoms with Gasteiger partial charge >= 0.3 is 0 Å².